The van der Waals surface area contributed by atoms with Crippen molar-refractivity contribution in [1.29, 1.82) is 0 Å². The van der Waals surface area contributed by atoms with Crippen molar-refractivity contribution in [3.63, 3.8) is 0 Å². The van der Waals surface area contributed by atoms with Crippen LogP contribution in [0.5, 0.6) is 0 Å². The van der Waals surface area contributed by atoms with Gasteiger partial charge in [-0.15, -0.1) is 0 Å². The van der Waals surface area contributed by atoms with E-state index in [9.17, 15) is 4.79 Å². The molecule has 0 atom stereocenters. The Morgan fingerprint density at radius 3 is 2.97 bits per heavy atom. The number of nitrogens with one attached hydrogen (secondary N) is 3. The number of fused-ring (bicyclic) bond motifs is 1. The maximum atomic E-state index is 11.9. The molecule has 0 aromatic carbocycles. The number of rotatable bonds is 7. The molecule has 3 N–H and O–H groups in total. The Morgan fingerprint density at radius 2 is 2.16 bits per heavy atom. The van der Waals surface area contributed by atoms with Crippen LogP contribution >= 0.6 is 0 Å². The van der Waals surface area contributed by atoms with Gasteiger partial charge >= 0.3 is 0 Å². The monoisotopic (exact) mass is 413 g/mol. The van der Waals surface area contributed by atoms with Gasteiger partial charge in [0.2, 0.25) is 5.91 Å². The van der Waals surface area contributed by atoms with Gasteiger partial charge in [-0.3, -0.25) is 19.9 Å². The molecule has 0 aliphatic carbocycles. The molecule has 0 aliphatic heterocycles. The van der Waals surface area contributed by atoms with Crippen molar-refractivity contribution >= 4 is 35.4 Å². The SMILES string of the molecule is C=N/C=C\c1[nH]c(-c2n[nH]c3ccc(-c4cncc(NC(=O)CCC)c4)nc23)cc1C. The van der Waals surface area contributed by atoms with Gasteiger partial charge in [-0.1, -0.05) is 6.92 Å². The third kappa shape index (κ3) is 4.28. The predicted octanol–water partition coefficient (Wildman–Crippen LogP) is 4.73. The molecule has 4 heterocycles. The predicted molar refractivity (Wildman–Crippen MR) is 124 cm³/mol. The maximum absolute atomic E-state index is 11.9. The zero-order chi connectivity index (χ0) is 21.8. The molecule has 0 bridgehead atoms. The number of carbonyl (C=O) groups excluding carboxylic acids is 1. The Labute approximate surface area is 179 Å². The van der Waals surface area contributed by atoms with E-state index in [0.717, 1.165) is 51.4 Å². The lowest BCUT2D eigenvalue weighted by molar-refractivity contribution is -0.116. The number of aliphatic imine (C=N–C) groups is 1. The fourth-order valence-corrected chi connectivity index (χ4v) is 3.35. The molecule has 0 saturated carbocycles. The summed E-state index contributed by atoms with van der Waals surface area (Å²) in [7, 11) is 0. The Hall–Kier alpha value is -4.07. The highest BCUT2D eigenvalue weighted by Gasteiger charge is 2.14. The minimum atomic E-state index is -0.0272. The van der Waals surface area contributed by atoms with Gasteiger partial charge in [0.1, 0.15) is 11.2 Å². The van der Waals surface area contributed by atoms with Crippen molar-refractivity contribution < 1.29 is 4.79 Å². The van der Waals surface area contributed by atoms with Crippen molar-refractivity contribution in [1.82, 2.24) is 25.1 Å². The minimum Gasteiger partial charge on any atom is -0.353 e. The van der Waals surface area contributed by atoms with E-state index in [1.165, 1.54) is 0 Å². The molecule has 0 fully saturated rings. The number of carbonyl (C=O) groups is 1. The normalized spacial score (nSPS) is 11.3. The standard InChI is InChI=1S/C23H23N7O/c1-4-5-21(31)26-16-11-15(12-25-13-16)18-6-7-19-22(28-18)23(30-29-19)20-10-14(2)17(27-20)8-9-24-3/h6-13,27H,3-5H2,1-2H3,(H,26,31)(H,29,30)/b9-8-. The van der Waals surface area contributed by atoms with Gasteiger partial charge < -0.3 is 10.3 Å². The van der Waals surface area contributed by atoms with E-state index in [-0.39, 0.29) is 5.91 Å². The number of nitrogens with zero attached hydrogens (tertiary/aromatic N) is 4. The number of aromatic amines is 2. The average Bonchev–Trinajstić information content (AvgIpc) is 3.35. The summed E-state index contributed by atoms with van der Waals surface area (Å²) >= 11 is 0. The molecule has 0 radical (unpaired) electrons. The molecule has 156 valence electrons. The van der Waals surface area contributed by atoms with Crippen LogP contribution in [0.4, 0.5) is 5.69 Å². The Kier molecular flexibility index (Phi) is 5.70. The van der Waals surface area contributed by atoms with Crippen molar-refractivity contribution in [2.75, 3.05) is 5.32 Å². The van der Waals surface area contributed by atoms with Crippen molar-refractivity contribution in [3.8, 4) is 22.6 Å². The lowest BCUT2D eigenvalue weighted by atomic mass is 10.1. The molecule has 4 rings (SSSR count). The molecular formula is C23H23N7O. The van der Waals surface area contributed by atoms with Crippen molar-refractivity contribution in [2.24, 2.45) is 4.99 Å². The number of amides is 1. The lowest BCUT2D eigenvalue weighted by Crippen LogP contribution is -2.10. The van der Waals surface area contributed by atoms with E-state index >= 15 is 0 Å². The first-order chi connectivity index (χ1) is 15.1. The number of anilines is 1. The molecule has 1 amide bonds. The minimum absolute atomic E-state index is 0.0272. The van der Waals surface area contributed by atoms with Crippen LogP contribution in [0.2, 0.25) is 0 Å². The van der Waals surface area contributed by atoms with Gasteiger partial charge in [0.15, 0.2) is 0 Å². The maximum Gasteiger partial charge on any atom is 0.224 e. The van der Waals surface area contributed by atoms with Crippen LogP contribution in [-0.4, -0.2) is 37.8 Å². The third-order valence-electron chi connectivity index (χ3n) is 4.86. The molecule has 0 spiro atoms. The van der Waals surface area contributed by atoms with Gasteiger partial charge in [0.25, 0.3) is 0 Å². The van der Waals surface area contributed by atoms with Gasteiger partial charge in [-0.05, 0) is 56.0 Å². The highest BCUT2D eigenvalue weighted by molar-refractivity contribution is 5.92. The van der Waals surface area contributed by atoms with E-state index in [1.807, 2.05) is 44.2 Å². The second kappa shape index (κ2) is 8.74. The summed E-state index contributed by atoms with van der Waals surface area (Å²) in [4.78, 5) is 28.1. The van der Waals surface area contributed by atoms with E-state index in [1.54, 1.807) is 18.6 Å². The van der Waals surface area contributed by atoms with Gasteiger partial charge in [-0.25, -0.2) is 4.98 Å². The summed E-state index contributed by atoms with van der Waals surface area (Å²) in [6.07, 6.45) is 8.13. The van der Waals surface area contributed by atoms with Crippen LogP contribution in [0.15, 0.2) is 47.9 Å². The van der Waals surface area contributed by atoms with E-state index in [2.05, 4.69) is 37.2 Å². The van der Waals surface area contributed by atoms with Crippen LogP contribution in [0.25, 0.3) is 39.8 Å². The largest absolute Gasteiger partial charge is 0.353 e. The average molecular weight is 413 g/mol. The van der Waals surface area contributed by atoms with Crippen LogP contribution in [-0.2, 0) is 4.79 Å². The van der Waals surface area contributed by atoms with E-state index in [0.29, 0.717) is 12.1 Å². The molecule has 8 nitrogen and oxygen atoms in total. The number of H-pyrrole nitrogens is 2. The molecule has 8 heteroatoms. The summed E-state index contributed by atoms with van der Waals surface area (Å²) in [6.45, 7) is 7.45. The van der Waals surface area contributed by atoms with Gasteiger partial charge in [0.05, 0.1) is 28.8 Å². The molecule has 4 aromatic heterocycles. The Balaban J connectivity index is 1.70. The third-order valence-corrected chi connectivity index (χ3v) is 4.86. The molecular weight excluding hydrogens is 390 g/mol. The quantitative estimate of drug-likeness (QED) is 0.380. The fourth-order valence-electron chi connectivity index (χ4n) is 3.35. The number of pyridine rings is 2. The molecule has 4 aromatic rings. The van der Waals surface area contributed by atoms with E-state index < -0.39 is 0 Å². The highest BCUT2D eigenvalue weighted by atomic mass is 16.1. The summed E-state index contributed by atoms with van der Waals surface area (Å²) in [6, 6.07) is 7.74. The summed E-state index contributed by atoms with van der Waals surface area (Å²) in [5.41, 5.74) is 7.38. The van der Waals surface area contributed by atoms with Crippen molar-refractivity contribution in [2.45, 2.75) is 26.7 Å². The summed E-state index contributed by atoms with van der Waals surface area (Å²) in [5.74, 6) is -0.0272. The highest BCUT2D eigenvalue weighted by Crippen LogP contribution is 2.29. The van der Waals surface area contributed by atoms with Crippen LogP contribution in [0.3, 0.4) is 0 Å². The molecule has 0 saturated heterocycles. The van der Waals surface area contributed by atoms with Gasteiger partial charge in [0, 0.05) is 30.1 Å². The summed E-state index contributed by atoms with van der Waals surface area (Å²) < 4.78 is 0. The van der Waals surface area contributed by atoms with Crippen LogP contribution in [0.1, 0.15) is 31.0 Å². The topological polar surface area (TPSA) is 112 Å². The van der Waals surface area contributed by atoms with Crippen LogP contribution < -0.4 is 5.32 Å². The number of aryl methyl sites for hydroxylation is 1. The smallest absolute Gasteiger partial charge is 0.224 e. The van der Waals surface area contributed by atoms with Crippen molar-refractivity contribution in [3.05, 3.63) is 54.1 Å². The Morgan fingerprint density at radius 1 is 1.29 bits per heavy atom. The van der Waals surface area contributed by atoms with Gasteiger partial charge in [-0.2, -0.15) is 5.10 Å². The molecule has 31 heavy (non-hydrogen) atoms. The summed E-state index contributed by atoms with van der Waals surface area (Å²) in [5, 5.41) is 10.4. The Bertz CT molecular complexity index is 1280. The van der Waals surface area contributed by atoms with Crippen LogP contribution in [0, 0.1) is 6.92 Å². The first-order valence-electron chi connectivity index (χ1n) is 10.0. The molecule has 0 unspecified atom stereocenters. The first-order valence-corrected chi connectivity index (χ1v) is 10.0. The number of hydrogen-bond donors (Lipinski definition) is 3. The number of hydrogen-bond acceptors (Lipinski definition) is 5. The zero-order valence-corrected chi connectivity index (χ0v) is 17.4. The first kappa shape index (κ1) is 20.2. The second-order valence-electron chi connectivity index (χ2n) is 7.20. The molecule has 0 aliphatic rings. The zero-order valence-electron chi connectivity index (χ0n) is 17.4. The second-order valence-corrected chi connectivity index (χ2v) is 7.20. The number of aromatic nitrogens is 5. The fraction of sp³-hybridized carbons (Fsp3) is 0.174. The lowest BCUT2D eigenvalue weighted by Gasteiger charge is -2.06. The van der Waals surface area contributed by atoms with E-state index in [4.69, 9.17) is 4.98 Å².